The molecule has 12 nitrogen and oxygen atoms in total. The number of benzene rings is 3. The van der Waals surface area contributed by atoms with Crippen LogP contribution in [0.15, 0.2) is 71.0 Å². The zero-order valence-electron chi connectivity index (χ0n) is 26.1. The SMILES string of the molecule is CCOC(=O)C1=C(C)NC(=O)N[C@H]1c1ccc(OCC(=O)N/N=C\c2cc(Cl)c(OCc3cccc(F)c3)c(OCC)c2)c(OC)c1. The van der Waals surface area contributed by atoms with Gasteiger partial charge in [0.1, 0.15) is 12.4 Å². The molecular formula is C33H34ClFN4O8. The maximum absolute atomic E-state index is 13.5. The Morgan fingerprint density at radius 2 is 1.83 bits per heavy atom. The number of hydrogen-bond acceptors (Lipinski definition) is 9. The van der Waals surface area contributed by atoms with Gasteiger partial charge in [-0.25, -0.2) is 19.4 Å². The van der Waals surface area contributed by atoms with Crippen LogP contribution in [0.4, 0.5) is 9.18 Å². The zero-order valence-corrected chi connectivity index (χ0v) is 26.9. The van der Waals surface area contributed by atoms with Crippen LogP contribution in [0.3, 0.4) is 0 Å². The quantitative estimate of drug-likeness (QED) is 0.121. The van der Waals surface area contributed by atoms with Crippen molar-refractivity contribution in [3.63, 3.8) is 0 Å². The van der Waals surface area contributed by atoms with E-state index in [0.717, 1.165) is 0 Å². The number of halogens is 2. The van der Waals surface area contributed by atoms with E-state index in [4.69, 9.17) is 35.3 Å². The average molecular weight is 669 g/mol. The summed E-state index contributed by atoms with van der Waals surface area (Å²) in [4.78, 5) is 37.3. The van der Waals surface area contributed by atoms with E-state index in [0.29, 0.717) is 34.7 Å². The molecule has 0 spiro atoms. The Balaban J connectivity index is 1.39. The van der Waals surface area contributed by atoms with Crippen molar-refractivity contribution >= 4 is 35.7 Å². The fourth-order valence-electron chi connectivity index (χ4n) is 4.61. The van der Waals surface area contributed by atoms with Crippen LogP contribution in [0, 0.1) is 5.82 Å². The predicted molar refractivity (Wildman–Crippen MR) is 171 cm³/mol. The van der Waals surface area contributed by atoms with Gasteiger partial charge in [0.15, 0.2) is 29.6 Å². The molecule has 3 N–H and O–H groups in total. The molecule has 14 heteroatoms. The van der Waals surface area contributed by atoms with Gasteiger partial charge < -0.3 is 34.3 Å². The van der Waals surface area contributed by atoms with Gasteiger partial charge in [-0.1, -0.05) is 29.8 Å². The predicted octanol–water partition coefficient (Wildman–Crippen LogP) is 5.19. The molecule has 0 fully saturated rings. The van der Waals surface area contributed by atoms with Gasteiger partial charge in [0, 0.05) is 5.70 Å². The van der Waals surface area contributed by atoms with E-state index in [1.165, 1.54) is 25.5 Å². The molecule has 3 amide bonds. The summed E-state index contributed by atoms with van der Waals surface area (Å²) in [5.41, 5.74) is 4.68. The van der Waals surface area contributed by atoms with Gasteiger partial charge in [0.25, 0.3) is 5.91 Å². The maximum Gasteiger partial charge on any atom is 0.338 e. The molecule has 3 aromatic carbocycles. The van der Waals surface area contributed by atoms with E-state index < -0.39 is 30.6 Å². The molecule has 0 saturated carbocycles. The monoisotopic (exact) mass is 668 g/mol. The van der Waals surface area contributed by atoms with Gasteiger partial charge in [-0.2, -0.15) is 5.10 Å². The van der Waals surface area contributed by atoms with E-state index >= 15 is 0 Å². The highest BCUT2D eigenvalue weighted by molar-refractivity contribution is 6.32. The van der Waals surface area contributed by atoms with E-state index in [1.54, 1.807) is 63.2 Å². The third-order valence-electron chi connectivity index (χ3n) is 6.65. The molecule has 1 atom stereocenters. The standard InChI is InChI=1S/C33H34ClFN4O8/c1-5-44-27-14-21(13-24(34)31(27)47-17-20-8-7-9-23(35)12-20)16-36-39-28(40)18-46-25-11-10-22(15-26(25)43-4)30-29(32(41)45-6-2)19(3)37-33(42)38-30/h7-16,30H,5-6,17-18H2,1-4H3,(H,39,40)(H2,37,38,42)/b36-16-/t30-/m0/s1. The molecule has 1 heterocycles. The number of esters is 1. The number of allylic oxidation sites excluding steroid dienone is 1. The highest BCUT2D eigenvalue weighted by Gasteiger charge is 2.32. The third-order valence-corrected chi connectivity index (χ3v) is 6.93. The summed E-state index contributed by atoms with van der Waals surface area (Å²) < 4.78 is 41.3. The van der Waals surface area contributed by atoms with Crippen LogP contribution < -0.4 is 35.0 Å². The summed E-state index contributed by atoms with van der Waals surface area (Å²) in [5, 5.41) is 9.52. The van der Waals surface area contributed by atoms with E-state index in [1.807, 2.05) is 0 Å². The molecule has 248 valence electrons. The van der Waals surface area contributed by atoms with Crippen molar-refractivity contribution < 1.29 is 42.5 Å². The molecular weight excluding hydrogens is 635 g/mol. The Kier molecular flexibility index (Phi) is 12.0. The highest BCUT2D eigenvalue weighted by atomic mass is 35.5. The minimum atomic E-state index is -0.797. The number of methoxy groups -OCH3 is 1. The number of hydrazone groups is 1. The minimum absolute atomic E-state index is 0.0779. The molecule has 1 aliphatic rings. The zero-order chi connectivity index (χ0) is 33.9. The number of rotatable bonds is 14. The van der Waals surface area contributed by atoms with Crippen LogP contribution in [0.25, 0.3) is 0 Å². The molecule has 0 radical (unpaired) electrons. The normalized spacial score (nSPS) is 14.3. The Morgan fingerprint density at radius 3 is 2.55 bits per heavy atom. The Hall–Kier alpha value is -5.30. The molecule has 0 unspecified atom stereocenters. The van der Waals surface area contributed by atoms with Crippen LogP contribution in [-0.2, 0) is 20.9 Å². The topological polar surface area (TPSA) is 146 Å². The van der Waals surface area contributed by atoms with Gasteiger partial charge in [-0.05, 0) is 73.9 Å². The molecule has 3 aromatic rings. The molecule has 1 aliphatic heterocycles. The second-order valence-electron chi connectivity index (χ2n) is 9.96. The lowest BCUT2D eigenvalue weighted by atomic mass is 9.95. The first-order chi connectivity index (χ1) is 22.6. The molecule has 4 rings (SSSR count). The number of carbonyl (C=O) groups excluding carboxylic acids is 3. The number of hydrogen-bond donors (Lipinski definition) is 3. The van der Waals surface area contributed by atoms with Crippen LogP contribution >= 0.6 is 11.6 Å². The lowest BCUT2D eigenvalue weighted by Crippen LogP contribution is -2.45. The first-order valence-electron chi connectivity index (χ1n) is 14.5. The maximum atomic E-state index is 13.5. The largest absolute Gasteiger partial charge is 0.493 e. The highest BCUT2D eigenvalue weighted by Crippen LogP contribution is 2.37. The van der Waals surface area contributed by atoms with E-state index in [2.05, 4.69) is 21.2 Å². The summed E-state index contributed by atoms with van der Waals surface area (Å²) in [6, 6.07) is 12.8. The minimum Gasteiger partial charge on any atom is -0.493 e. The van der Waals surface area contributed by atoms with Gasteiger partial charge in [-0.3, -0.25) is 4.79 Å². The Morgan fingerprint density at radius 1 is 1.02 bits per heavy atom. The van der Waals surface area contributed by atoms with Crippen molar-refractivity contribution in [3.8, 4) is 23.0 Å². The summed E-state index contributed by atoms with van der Waals surface area (Å²) in [5.74, 6) is -0.347. The smallest absolute Gasteiger partial charge is 0.338 e. The Labute approximate surface area is 275 Å². The summed E-state index contributed by atoms with van der Waals surface area (Å²) in [6.07, 6.45) is 1.38. The number of urea groups is 1. The molecule has 0 aromatic heterocycles. The first kappa shape index (κ1) is 34.6. The summed E-state index contributed by atoms with van der Waals surface area (Å²) in [7, 11) is 1.42. The fraction of sp³-hybridized carbons (Fsp3) is 0.273. The van der Waals surface area contributed by atoms with Crippen molar-refractivity contribution in [2.75, 3.05) is 26.9 Å². The second-order valence-corrected chi connectivity index (χ2v) is 10.4. The number of ether oxygens (including phenoxy) is 5. The van der Waals surface area contributed by atoms with Crippen LogP contribution in [0.2, 0.25) is 5.02 Å². The van der Waals surface area contributed by atoms with Crippen LogP contribution in [-0.4, -0.2) is 51.1 Å². The molecule has 0 saturated heterocycles. The van der Waals surface area contributed by atoms with Gasteiger partial charge in [0.05, 0.1) is 43.2 Å². The van der Waals surface area contributed by atoms with Crippen LogP contribution in [0.1, 0.15) is 43.5 Å². The van der Waals surface area contributed by atoms with E-state index in [9.17, 15) is 18.8 Å². The number of nitrogens with one attached hydrogen (secondary N) is 3. The molecule has 47 heavy (non-hydrogen) atoms. The van der Waals surface area contributed by atoms with Gasteiger partial charge in [0.2, 0.25) is 0 Å². The number of amides is 3. The number of carbonyl (C=O) groups is 3. The van der Waals surface area contributed by atoms with Crippen molar-refractivity contribution in [1.29, 1.82) is 0 Å². The van der Waals surface area contributed by atoms with Gasteiger partial charge in [-0.15, -0.1) is 0 Å². The van der Waals surface area contributed by atoms with Crippen molar-refractivity contribution in [2.24, 2.45) is 5.10 Å². The van der Waals surface area contributed by atoms with E-state index in [-0.39, 0.29) is 46.9 Å². The fourth-order valence-corrected chi connectivity index (χ4v) is 4.88. The Bertz CT molecular complexity index is 1700. The lowest BCUT2D eigenvalue weighted by Gasteiger charge is -2.28. The third kappa shape index (κ3) is 9.13. The summed E-state index contributed by atoms with van der Waals surface area (Å²) in [6.45, 7) is 5.28. The van der Waals surface area contributed by atoms with Crippen LogP contribution in [0.5, 0.6) is 23.0 Å². The second kappa shape index (κ2) is 16.3. The average Bonchev–Trinajstić information content (AvgIpc) is 3.03. The molecule has 0 aliphatic carbocycles. The molecule has 0 bridgehead atoms. The summed E-state index contributed by atoms with van der Waals surface area (Å²) >= 11 is 6.46. The lowest BCUT2D eigenvalue weighted by molar-refractivity contribution is -0.139. The van der Waals surface area contributed by atoms with Gasteiger partial charge >= 0.3 is 12.0 Å². The van der Waals surface area contributed by atoms with Crippen molar-refractivity contribution in [3.05, 3.63) is 93.4 Å². The van der Waals surface area contributed by atoms with Crippen molar-refractivity contribution in [2.45, 2.75) is 33.4 Å². The first-order valence-corrected chi connectivity index (χ1v) is 14.9. The number of nitrogens with zero attached hydrogens (tertiary/aromatic N) is 1. The van der Waals surface area contributed by atoms with Crippen molar-refractivity contribution in [1.82, 2.24) is 16.1 Å².